The smallest absolute Gasteiger partial charge is 0.228 e. The van der Waals surface area contributed by atoms with E-state index < -0.39 is 5.41 Å². The standard InChI is InChI=1S/C24H25FN2OS/c1-4-29-21-11-5-17(6-12-21)15-23(28)27-20-9-7-18(8-10-20)24(2,3)22-16-19(25)13-14-26-22/h5-14,16H,4,15H2,1-3H3,(H,27,28). The number of amides is 1. The highest BCUT2D eigenvalue weighted by molar-refractivity contribution is 7.99. The third-order valence-corrected chi connectivity index (χ3v) is 5.75. The molecule has 150 valence electrons. The topological polar surface area (TPSA) is 42.0 Å². The summed E-state index contributed by atoms with van der Waals surface area (Å²) in [4.78, 5) is 17.9. The number of nitrogens with one attached hydrogen (secondary N) is 1. The first-order valence-corrected chi connectivity index (χ1v) is 10.6. The Hall–Kier alpha value is -2.66. The van der Waals surface area contributed by atoms with Crippen molar-refractivity contribution in [3.8, 4) is 0 Å². The summed E-state index contributed by atoms with van der Waals surface area (Å²) >= 11 is 1.78. The highest BCUT2D eigenvalue weighted by atomic mass is 32.2. The van der Waals surface area contributed by atoms with Crippen LogP contribution in [-0.4, -0.2) is 16.6 Å². The SMILES string of the molecule is CCSc1ccc(CC(=O)Nc2ccc(C(C)(C)c3cc(F)ccn3)cc2)cc1. The minimum absolute atomic E-state index is 0.0558. The zero-order chi connectivity index (χ0) is 20.9. The number of aromatic nitrogens is 1. The van der Waals surface area contributed by atoms with Crippen molar-refractivity contribution in [3.63, 3.8) is 0 Å². The first-order valence-electron chi connectivity index (χ1n) is 9.62. The summed E-state index contributed by atoms with van der Waals surface area (Å²) in [5, 5.41) is 2.94. The normalized spacial score (nSPS) is 11.3. The van der Waals surface area contributed by atoms with E-state index in [2.05, 4.69) is 17.2 Å². The van der Waals surface area contributed by atoms with Crippen LogP contribution in [0.15, 0.2) is 71.8 Å². The first-order chi connectivity index (χ1) is 13.9. The Kier molecular flexibility index (Phi) is 6.70. The largest absolute Gasteiger partial charge is 0.326 e. The average molecular weight is 409 g/mol. The predicted molar refractivity (Wildman–Crippen MR) is 118 cm³/mol. The Bertz CT molecular complexity index is 969. The third kappa shape index (κ3) is 5.45. The van der Waals surface area contributed by atoms with Gasteiger partial charge in [0.05, 0.1) is 12.1 Å². The lowest BCUT2D eigenvalue weighted by Gasteiger charge is -2.25. The van der Waals surface area contributed by atoms with E-state index in [0.29, 0.717) is 12.1 Å². The summed E-state index contributed by atoms with van der Waals surface area (Å²) in [6.45, 7) is 6.12. The van der Waals surface area contributed by atoms with Crippen molar-refractivity contribution in [1.82, 2.24) is 4.98 Å². The van der Waals surface area contributed by atoms with Crippen LogP contribution in [0.3, 0.4) is 0 Å². The molecule has 29 heavy (non-hydrogen) atoms. The fraction of sp³-hybridized carbons (Fsp3) is 0.250. The van der Waals surface area contributed by atoms with Crippen LogP contribution in [0.5, 0.6) is 0 Å². The monoisotopic (exact) mass is 408 g/mol. The Balaban J connectivity index is 1.64. The van der Waals surface area contributed by atoms with Gasteiger partial charge in [-0.2, -0.15) is 0 Å². The van der Waals surface area contributed by atoms with Crippen LogP contribution in [0, 0.1) is 5.82 Å². The van der Waals surface area contributed by atoms with Gasteiger partial charge in [0.15, 0.2) is 0 Å². The molecule has 0 fully saturated rings. The third-order valence-electron chi connectivity index (χ3n) is 4.85. The fourth-order valence-corrected chi connectivity index (χ4v) is 3.79. The molecule has 1 aromatic heterocycles. The van der Waals surface area contributed by atoms with E-state index in [4.69, 9.17) is 0 Å². The van der Waals surface area contributed by atoms with E-state index >= 15 is 0 Å². The molecule has 0 radical (unpaired) electrons. The molecule has 0 saturated carbocycles. The van der Waals surface area contributed by atoms with E-state index in [0.717, 1.165) is 22.6 Å². The van der Waals surface area contributed by atoms with Crippen molar-refractivity contribution >= 4 is 23.4 Å². The molecule has 0 spiro atoms. The summed E-state index contributed by atoms with van der Waals surface area (Å²) in [5.74, 6) is 0.676. The molecule has 0 saturated heterocycles. The Labute approximate surface area is 175 Å². The van der Waals surface area contributed by atoms with Crippen molar-refractivity contribution in [2.24, 2.45) is 0 Å². The van der Waals surface area contributed by atoms with Crippen molar-refractivity contribution in [2.45, 2.75) is 37.5 Å². The summed E-state index contributed by atoms with van der Waals surface area (Å²) < 4.78 is 13.6. The number of pyridine rings is 1. The molecule has 3 aromatic rings. The predicted octanol–water partition coefficient (Wildman–Crippen LogP) is 5.84. The molecule has 1 N–H and O–H groups in total. The van der Waals surface area contributed by atoms with Gasteiger partial charge in [-0.1, -0.05) is 45.0 Å². The van der Waals surface area contributed by atoms with Gasteiger partial charge in [0.25, 0.3) is 0 Å². The van der Waals surface area contributed by atoms with Crippen LogP contribution in [0.2, 0.25) is 0 Å². The molecular formula is C24H25FN2OS. The zero-order valence-corrected chi connectivity index (χ0v) is 17.7. The summed E-state index contributed by atoms with van der Waals surface area (Å²) in [7, 11) is 0. The second-order valence-electron chi connectivity index (χ2n) is 7.36. The summed E-state index contributed by atoms with van der Waals surface area (Å²) in [6.07, 6.45) is 1.81. The van der Waals surface area contributed by atoms with E-state index in [1.165, 1.54) is 23.2 Å². The Morgan fingerprint density at radius 1 is 1.07 bits per heavy atom. The lowest BCUT2D eigenvalue weighted by molar-refractivity contribution is -0.115. The van der Waals surface area contributed by atoms with Crippen molar-refractivity contribution in [2.75, 3.05) is 11.1 Å². The van der Waals surface area contributed by atoms with Crippen LogP contribution in [-0.2, 0) is 16.6 Å². The van der Waals surface area contributed by atoms with E-state index in [9.17, 15) is 9.18 Å². The van der Waals surface area contributed by atoms with Gasteiger partial charge >= 0.3 is 0 Å². The van der Waals surface area contributed by atoms with Gasteiger partial charge in [-0.05, 0) is 53.3 Å². The maximum atomic E-state index is 13.6. The van der Waals surface area contributed by atoms with Crippen LogP contribution in [0.1, 0.15) is 37.6 Å². The quantitative estimate of drug-likeness (QED) is 0.499. The van der Waals surface area contributed by atoms with Gasteiger partial charge < -0.3 is 5.32 Å². The Morgan fingerprint density at radius 2 is 1.76 bits per heavy atom. The van der Waals surface area contributed by atoms with Crippen LogP contribution in [0.25, 0.3) is 0 Å². The number of carbonyl (C=O) groups is 1. The second-order valence-corrected chi connectivity index (χ2v) is 8.70. The molecule has 2 aromatic carbocycles. The average Bonchev–Trinajstić information content (AvgIpc) is 2.70. The van der Waals surface area contributed by atoms with Gasteiger partial charge in [-0.15, -0.1) is 11.8 Å². The maximum absolute atomic E-state index is 13.6. The minimum atomic E-state index is -0.442. The molecule has 0 aliphatic rings. The van der Waals surface area contributed by atoms with E-state index in [-0.39, 0.29) is 11.7 Å². The van der Waals surface area contributed by atoms with Gasteiger partial charge in [0, 0.05) is 22.2 Å². The second kappa shape index (κ2) is 9.23. The number of thioether (sulfide) groups is 1. The lowest BCUT2D eigenvalue weighted by atomic mass is 9.81. The highest BCUT2D eigenvalue weighted by Gasteiger charge is 2.25. The number of carbonyl (C=O) groups excluding carboxylic acids is 1. The number of anilines is 1. The van der Waals surface area contributed by atoms with Gasteiger partial charge in [0.2, 0.25) is 5.91 Å². The number of nitrogens with zero attached hydrogens (tertiary/aromatic N) is 1. The molecule has 3 nitrogen and oxygen atoms in total. The van der Waals surface area contributed by atoms with Crippen molar-refractivity contribution in [1.29, 1.82) is 0 Å². The molecule has 0 aliphatic heterocycles. The number of hydrogen-bond donors (Lipinski definition) is 1. The molecule has 3 rings (SSSR count). The number of halogens is 1. The van der Waals surface area contributed by atoms with E-state index in [1.807, 2.05) is 62.4 Å². The molecule has 5 heteroatoms. The molecule has 0 aliphatic carbocycles. The molecule has 0 bridgehead atoms. The lowest BCUT2D eigenvalue weighted by Crippen LogP contribution is -2.21. The van der Waals surface area contributed by atoms with Gasteiger partial charge in [0.1, 0.15) is 5.82 Å². The maximum Gasteiger partial charge on any atom is 0.228 e. The Morgan fingerprint density at radius 3 is 2.38 bits per heavy atom. The highest BCUT2D eigenvalue weighted by Crippen LogP contribution is 2.31. The minimum Gasteiger partial charge on any atom is -0.326 e. The number of hydrogen-bond acceptors (Lipinski definition) is 3. The molecule has 0 atom stereocenters. The van der Waals surface area contributed by atoms with Gasteiger partial charge in [-0.25, -0.2) is 4.39 Å². The molecule has 1 heterocycles. The summed E-state index contributed by atoms with van der Waals surface area (Å²) in [5.41, 5.74) is 2.94. The zero-order valence-electron chi connectivity index (χ0n) is 16.9. The van der Waals surface area contributed by atoms with Crippen molar-refractivity contribution < 1.29 is 9.18 Å². The molecule has 1 amide bonds. The van der Waals surface area contributed by atoms with Crippen LogP contribution >= 0.6 is 11.8 Å². The molecule has 0 unspecified atom stereocenters. The first kappa shape index (κ1) is 21.1. The van der Waals surface area contributed by atoms with Crippen molar-refractivity contribution in [3.05, 3.63) is 89.5 Å². The number of benzene rings is 2. The fourth-order valence-electron chi connectivity index (χ4n) is 3.13. The summed E-state index contributed by atoms with van der Waals surface area (Å²) in [6, 6.07) is 18.5. The number of rotatable bonds is 7. The van der Waals surface area contributed by atoms with Gasteiger partial charge in [-0.3, -0.25) is 9.78 Å². The van der Waals surface area contributed by atoms with Crippen LogP contribution in [0.4, 0.5) is 10.1 Å². The van der Waals surface area contributed by atoms with Crippen LogP contribution < -0.4 is 5.32 Å². The van der Waals surface area contributed by atoms with E-state index in [1.54, 1.807) is 11.8 Å². The molecular weight excluding hydrogens is 383 g/mol.